The van der Waals surface area contributed by atoms with Crippen LogP contribution in [0.15, 0.2) is 22.5 Å². The minimum absolute atomic E-state index is 0.000289. The minimum atomic E-state index is -0.466. The molecule has 10 heteroatoms. The van der Waals surface area contributed by atoms with Crippen molar-refractivity contribution in [3.8, 4) is 0 Å². The number of thioether (sulfide) groups is 1. The Morgan fingerprint density at radius 2 is 2.22 bits per heavy atom. The van der Waals surface area contributed by atoms with Crippen molar-refractivity contribution in [2.75, 3.05) is 22.9 Å². The quantitative estimate of drug-likeness (QED) is 0.447. The molecular weight excluding hydrogens is 338 g/mol. The first-order chi connectivity index (χ1) is 11.0. The molecule has 0 aliphatic heterocycles. The van der Waals surface area contributed by atoms with Crippen molar-refractivity contribution in [3.05, 3.63) is 33.9 Å². The number of hydrogen-bond donors (Lipinski definition) is 2. The van der Waals surface area contributed by atoms with Crippen molar-refractivity contribution in [1.82, 2.24) is 10.2 Å². The van der Waals surface area contributed by atoms with E-state index in [2.05, 4.69) is 20.8 Å². The number of carbonyl (C=O) groups excluding carboxylic acids is 1. The zero-order valence-electron chi connectivity index (χ0n) is 12.5. The van der Waals surface area contributed by atoms with Crippen LogP contribution in [0.2, 0.25) is 0 Å². The topological polar surface area (TPSA) is 110 Å². The van der Waals surface area contributed by atoms with Gasteiger partial charge in [0.25, 0.3) is 5.69 Å². The summed E-state index contributed by atoms with van der Waals surface area (Å²) in [6.45, 7) is 4.44. The molecule has 1 amide bonds. The molecule has 0 aliphatic carbocycles. The fourth-order valence-electron chi connectivity index (χ4n) is 1.71. The maximum absolute atomic E-state index is 12.0. The van der Waals surface area contributed by atoms with E-state index in [9.17, 15) is 14.9 Å². The second-order valence-electron chi connectivity index (χ2n) is 4.50. The lowest BCUT2D eigenvalue weighted by atomic mass is 10.2. The lowest BCUT2D eigenvalue weighted by Crippen LogP contribution is -2.14. The minimum Gasteiger partial charge on any atom is -0.360 e. The third kappa shape index (κ3) is 4.89. The number of hydrogen-bond acceptors (Lipinski definition) is 8. The highest BCUT2D eigenvalue weighted by atomic mass is 32.2. The molecule has 8 nitrogen and oxygen atoms in total. The Morgan fingerprint density at radius 1 is 1.43 bits per heavy atom. The van der Waals surface area contributed by atoms with Gasteiger partial charge in [-0.3, -0.25) is 14.9 Å². The number of nitro groups is 1. The average molecular weight is 353 g/mol. The molecular formula is C13H15N5O3S2. The van der Waals surface area contributed by atoms with E-state index in [0.717, 1.165) is 11.7 Å². The van der Waals surface area contributed by atoms with Crippen molar-refractivity contribution >= 4 is 45.5 Å². The van der Waals surface area contributed by atoms with Gasteiger partial charge in [-0.2, -0.15) is 0 Å². The van der Waals surface area contributed by atoms with Crippen LogP contribution in [-0.4, -0.2) is 33.3 Å². The number of non-ortho nitro benzene ring substituents is 1. The van der Waals surface area contributed by atoms with E-state index < -0.39 is 4.92 Å². The molecule has 2 aromatic rings. The number of carbonyl (C=O) groups is 1. The third-order valence-electron chi connectivity index (χ3n) is 2.76. The summed E-state index contributed by atoms with van der Waals surface area (Å²) in [4.78, 5) is 22.2. The smallest absolute Gasteiger partial charge is 0.269 e. The fraction of sp³-hybridized carbons (Fsp3) is 0.308. The molecule has 0 saturated carbocycles. The van der Waals surface area contributed by atoms with Crippen LogP contribution in [0.1, 0.15) is 12.5 Å². The van der Waals surface area contributed by atoms with Crippen LogP contribution < -0.4 is 10.6 Å². The summed E-state index contributed by atoms with van der Waals surface area (Å²) in [5.41, 5.74) is 1.20. The molecule has 0 fully saturated rings. The summed E-state index contributed by atoms with van der Waals surface area (Å²) >= 11 is 2.68. The van der Waals surface area contributed by atoms with E-state index in [4.69, 9.17) is 0 Å². The maximum Gasteiger partial charge on any atom is 0.269 e. The number of anilines is 2. The number of nitro benzene ring substituents is 1. The highest BCUT2D eigenvalue weighted by molar-refractivity contribution is 8.01. The van der Waals surface area contributed by atoms with E-state index >= 15 is 0 Å². The Balaban J connectivity index is 1.90. The van der Waals surface area contributed by atoms with Crippen LogP contribution in [0.3, 0.4) is 0 Å². The molecule has 1 aromatic carbocycles. The van der Waals surface area contributed by atoms with Gasteiger partial charge in [-0.25, -0.2) is 0 Å². The maximum atomic E-state index is 12.0. The van der Waals surface area contributed by atoms with Gasteiger partial charge < -0.3 is 10.6 Å². The zero-order chi connectivity index (χ0) is 16.8. The van der Waals surface area contributed by atoms with Crippen LogP contribution in [0.25, 0.3) is 0 Å². The van der Waals surface area contributed by atoms with Gasteiger partial charge in [0.1, 0.15) is 0 Å². The Kier molecular flexibility index (Phi) is 5.88. The van der Waals surface area contributed by atoms with E-state index in [1.54, 1.807) is 6.92 Å². The largest absolute Gasteiger partial charge is 0.360 e. The molecule has 0 bridgehead atoms. The van der Waals surface area contributed by atoms with Gasteiger partial charge in [-0.15, -0.1) is 10.2 Å². The van der Waals surface area contributed by atoms with Crippen LogP contribution in [-0.2, 0) is 4.79 Å². The van der Waals surface area contributed by atoms with Gasteiger partial charge in [0, 0.05) is 24.4 Å². The van der Waals surface area contributed by atoms with Crippen LogP contribution in [0.4, 0.5) is 16.5 Å². The van der Waals surface area contributed by atoms with Gasteiger partial charge >= 0.3 is 0 Å². The molecule has 0 saturated heterocycles. The van der Waals surface area contributed by atoms with Crippen LogP contribution in [0, 0.1) is 17.0 Å². The van der Waals surface area contributed by atoms with Crippen molar-refractivity contribution in [3.63, 3.8) is 0 Å². The Morgan fingerprint density at radius 3 is 2.87 bits per heavy atom. The third-order valence-corrected chi connectivity index (χ3v) is 4.77. The summed E-state index contributed by atoms with van der Waals surface area (Å²) in [7, 11) is 0. The molecule has 1 aromatic heterocycles. The number of rotatable bonds is 7. The van der Waals surface area contributed by atoms with Crippen molar-refractivity contribution < 1.29 is 9.72 Å². The van der Waals surface area contributed by atoms with Crippen LogP contribution >= 0.6 is 23.1 Å². The summed E-state index contributed by atoms with van der Waals surface area (Å²) in [5, 5.41) is 25.1. The zero-order valence-corrected chi connectivity index (χ0v) is 14.2. The molecule has 2 N–H and O–H groups in total. The van der Waals surface area contributed by atoms with Gasteiger partial charge in [-0.05, 0) is 25.5 Å². The monoisotopic (exact) mass is 353 g/mol. The number of aryl methyl sites for hydroxylation is 1. The summed E-state index contributed by atoms with van der Waals surface area (Å²) in [6.07, 6.45) is 0. The molecule has 0 radical (unpaired) electrons. The van der Waals surface area contributed by atoms with Crippen LogP contribution in [0.5, 0.6) is 0 Å². The Labute approximate surface area is 140 Å². The number of aromatic nitrogens is 2. The molecule has 23 heavy (non-hydrogen) atoms. The predicted molar refractivity (Wildman–Crippen MR) is 91.3 cm³/mol. The van der Waals surface area contributed by atoms with Crippen molar-refractivity contribution in [2.24, 2.45) is 0 Å². The lowest BCUT2D eigenvalue weighted by Gasteiger charge is -2.07. The van der Waals surface area contributed by atoms with Gasteiger partial charge in [-0.1, -0.05) is 23.1 Å². The second kappa shape index (κ2) is 7.88. The van der Waals surface area contributed by atoms with Crippen molar-refractivity contribution in [2.45, 2.75) is 18.2 Å². The number of amides is 1. The normalized spacial score (nSPS) is 10.3. The highest BCUT2D eigenvalue weighted by Crippen LogP contribution is 2.26. The number of benzene rings is 1. The molecule has 0 spiro atoms. The van der Waals surface area contributed by atoms with Gasteiger partial charge in [0.2, 0.25) is 11.0 Å². The molecule has 0 unspecified atom stereocenters. The standard InChI is InChI=1S/C13H15N5O3S2/c1-3-14-12-16-17-13(23-12)22-7-11(19)15-10-5-4-9(18(20)21)6-8(10)2/h4-6H,3,7H2,1-2H3,(H,14,16)(H,15,19). The molecule has 122 valence electrons. The van der Waals surface area contributed by atoms with E-state index in [1.807, 2.05) is 6.92 Å². The fourth-order valence-corrected chi connectivity index (χ4v) is 3.33. The first-order valence-electron chi connectivity index (χ1n) is 6.74. The first-order valence-corrected chi connectivity index (χ1v) is 8.55. The van der Waals surface area contributed by atoms with E-state index in [1.165, 1.54) is 41.3 Å². The van der Waals surface area contributed by atoms with Gasteiger partial charge in [0.05, 0.1) is 10.7 Å². The SMILES string of the molecule is CCNc1nnc(SCC(=O)Nc2ccc([N+](=O)[O-])cc2C)s1. The highest BCUT2D eigenvalue weighted by Gasteiger charge is 2.12. The summed E-state index contributed by atoms with van der Waals surface area (Å²) in [5.74, 6) is -0.0101. The second-order valence-corrected chi connectivity index (χ2v) is 6.70. The Bertz CT molecular complexity index is 719. The predicted octanol–water partition coefficient (Wildman–Crippen LogP) is 2.92. The van der Waals surface area contributed by atoms with Gasteiger partial charge in [0.15, 0.2) is 4.34 Å². The molecule has 2 rings (SSSR count). The summed E-state index contributed by atoms with van der Waals surface area (Å²) < 4.78 is 0.705. The lowest BCUT2D eigenvalue weighted by molar-refractivity contribution is -0.384. The Hall–Kier alpha value is -2.20. The summed E-state index contributed by atoms with van der Waals surface area (Å²) in [6, 6.07) is 4.32. The average Bonchev–Trinajstić information content (AvgIpc) is 2.95. The molecule has 0 aliphatic rings. The first kappa shape index (κ1) is 17.2. The number of nitrogens with one attached hydrogen (secondary N) is 2. The molecule has 1 heterocycles. The number of nitrogens with zero attached hydrogens (tertiary/aromatic N) is 3. The van der Waals surface area contributed by atoms with Crippen molar-refractivity contribution in [1.29, 1.82) is 0 Å². The van der Waals surface area contributed by atoms with E-state index in [0.29, 0.717) is 15.6 Å². The van der Waals surface area contributed by atoms with E-state index in [-0.39, 0.29) is 17.3 Å². The molecule has 0 atom stereocenters.